The van der Waals surface area contributed by atoms with E-state index in [1.807, 2.05) is 24.3 Å². The van der Waals surface area contributed by atoms with E-state index in [-0.39, 0.29) is 0 Å². The van der Waals surface area contributed by atoms with Crippen LogP contribution in [0.2, 0.25) is 0 Å². The third-order valence-corrected chi connectivity index (χ3v) is 2.92. The fourth-order valence-corrected chi connectivity index (χ4v) is 2.17. The second-order valence-electron chi connectivity index (χ2n) is 4.07. The van der Waals surface area contributed by atoms with Gasteiger partial charge in [-0.3, -0.25) is 0 Å². The minimum Gasteiger partial charge on any atom is -0.395 e. The summed E-state index contributed by atoms with van der Waals surface area (Å²) in [7, 11) is 0. The molecule has 0 amide bonds. The number of benzene rings is 1. The highest BCUT2D eigenvalue weighted by Crippen LogP contribution is 2.33. The Morgan fingerprint density at radius 2 is 1.67 bits per heavy atom. The average molecular weight is 246 g/mol. The molecule has 5 nitrogen and oxygen atoms in total. The van der Waals surface area contributed by atoms with Gasteiger partial charge in [0.25, 0.3) is 0 Å². The van der Waals surface area contributed by atoms with Gasteiger partial charge in [0.05, 0.1) is 0 Å². The zero-order chi connectivity index (χ0) is 12.5. The molecule has 2 aliphatic rings. The molecule has 1 aliphatic carbocycles. The van der Waals surface area contributed by atoms with Gasteiger partial charge in [0.1, 0.15) is 0 Å². The van der Waals surface area contributed by atoms with Gasteiger partial charge in [-0.2, -0.15) is 0 Å². The molecule has 3 rings (SSSR count). The Morgan fingerprint density at radius 3 is 2.56 bits per heavy atom. The number of aryl methyl sites for hydroxylation is 1. The molecule has 0 unspecified atom stereocenters. The standard InChI is InChI=1S/C13H10O5/c14-12-16-10-7-3-5-8-4-1-2-6-9(8)11(10)17-13(15)18-12/h1-2,4,6H,3,5,7H2. The van der Waals surface area contributed by atoms with Gasteiger partial charge in [-0.05, 0) is 18.4 Å². The molecule has 0 aromatic heterocycles. The first-order valence-electron chi connectivity index (χ1n) is 5.67. The van der Waals surface area contributed by atoms with Crippen molar-refractivity contribution in [1.82, 2.24) is 0 Å². The van der Waals surface area contributed by atoms with Crippen molar-refractivity contribution in [2.45, 2.75) is 19.3 Å². The molecule has 0 saturated carbocycles. The van der Waals surface area contributed by atoms with Gasteiger partial charge in [0, 0.05) is 12.0 Å². The summed E-state index contributed by atoms with van der Waals surface area (Å²) in [4.78, 5) is 22.5. The van der Waals surface area contributed by atoms with Gasteiger partial charge in [-0.25, -0.2) is 9.59 Å². The Balaban J connectivity index is 2.13. The molecule has 0 spiro atoms. The van der Waals surface area contributed by atoms with Crippen molar-refractivity contribution < 1.29 is 23.8 Å². The maximum absolute atomic E-state index is 11.3. The van der Waals surface area contributed by atoms with Crippen molar-refractivity contribution in [1.29, 1.82) is 0 Å². The molecule has 0 saturated heterocycles. The van der Waals surface area contributed by atoms with E-state index in [4.69, 9.17) is 9.47 Å². The second-order valence-corrected chi connectivity index (χ2v) is 4.07. The van der Waals surface area contributed by atoms with E-state index in [0.29, 0.717) is 17.9 Å². The lowest BCUT2D eigenvalue weighted by atomic mass is 10.0. The number of hydrogen-bond donors (Lipinski definition) is 0. The van der Waals surface area contributed by atoms with E-state index >= 15 is 0 Å². The minimum atomic E-state index is -1.05. The summed E-state index contributed by atoms with van der Waals surface area (Å²) < 4.78 is 14.4. The van der Waals surface area contributed by atoms with Crippen LogP contribution in [-0.4, -0.2) is 12.3 Å². The number of carbonyl (C=O) groups excluding carboxylic acids is 2. The van der Waals surface area contributed by atoms with Crippen LogP contribution in [0.15, 0.2) is 30.0 Å². The van der Waals surface area contributed by atoms with Crippen molar-refractivity contribution >= 4 is 18.1 Å². The van der Waals surface area contributed by atoms with Gasteiger partial charge in [0.2, 0.25) is 0 Å². The second kappa shape index (κ2) is 4.18. The lowest BCUT2D eigenvalue weighted by Gasteiger charge is -2.08. The topological polar surface area (TPSA) is 61.8 Å². The van der Waals surface area contributed by atoms with E-state index in [1.54, 1.807) is 0 Å². The lowest BCUT2D eigenvalue weighted by molar-refractivity contribution is 0.0808. The summed E-state index contributed by atoms with van der Waals surface area (Å²) in [6, 6.07) is 7.57. The summed E-state index contributed by atoms with van der Waals surface area (Å²) in [6.45, 7) is 0. The first-order chi connectivity index (χ1) is 8.74. The van der Waals surface area contributed by atoms with E-state index in [2.05, 4.69) is 4.74 Å². The molecule has 0 N–H and O–H groups in total. The van der Waals surface area contributed by atoms with Crippen LogP contribution < -0.4 is 0 Å². The zero-order valence-electron chi connectivity index (χ0n) is 9.47. The van der Waals surface area contributed by atoms with Crippen LogP contribution in [0.25, 0.3) is 5.76 Å². The molecule has 0 atom stereocenters. The molecule has 1 aliphatic heterocycles. The van der Waals surface area contributed by atoms with Crippen LogP contribution in [-0.2, 0) is 20.6 Å². The molecule has 0 radical (unpaired) electrons. The normalized spacial score (nSPS) is 18.7. The van der Waals surface area contributed by atoms with Crippen molar-refractivity contribution in [3.63, 3.8) is 0 Å². The van der Waals surface area contributed by atoms with Crippen LogP contribution in [0.5, 0.6) is 0 Å². The Hall–Kier alpha value is -2.30. The van der Waals surface area contributed by atoms with Crippen molar-refractivity contribution in [3.8, 4) is 0 Å². The third-order valence-electron chi connectivity index (χ3n) is 2.92. The molecule has 5 heteroatoms. The molecule has 0 bridgehead atoms. The summed E-state index contributed by atoms with van der Waals surface area (Å²) in [5, 5.41) is 0. The maximum atomic E-state index is 11.3. The van der Waals surface area contributed by atoms with Crippen LogP contribution in [0.1, 0.15) is 24.0 Å². The molecular weight excluding hydrogens is 236 g/mol. The molecule has 1 aromatic carbocycles. The van der Waals surface area contributed by atoms with Crippen molar-refractivity contribution in [3.05, 3.63) is 41.2 Å². The first kappa shape index (κ1) is 10.8. The van der Waals surface area contributed by atoms with E-state index in [0.717, 1.165) is 24.0 Å². The molecule has 1 heterocycles. The number of hydrogen-bond acceptors (Lipinski definition) is 5. The predicted octanol–water partition coefficient (Wildman–Crippen LogP) is 2.99. The van der Waals surface area contributed by atoms with Crippen LogP contribution in [0.4, 0.5) is 9.59 Å². The molecule has 18 heavy (non-hydrogen) atoms. The van der Waals surface area contributed by atoms with Gasteiger partial charge in [-0.1, -0.05) is 24.3 Å². The highest BCUT2D eigenvalue weighted by molar-refractivity contribution is 5.85. The van der Waals surface area contributed by atoms with Gasteiger partial charge >= 0.3 is 12.3 Å². The first-order valence-corrected chi connectivity index (χ1v) is 5.67. The van der Waals surface area contributed by atoms with E-state index < -0.39 is 12.3 Å². The molecular formula is C13H10O5. The predicted molar refractivity (Wildman–Crippen MR) is 60.3 cm³/mol. The Morgan fingerprint density at radius 1 is 0.889 bits per heavy atom. The van der Waals surface area contributed by atoms with Gasteiger partial charge in [-0.15, -0.1) is 0 Å². The van der Waals surface area contributed by atoms with Gasteiger partial charge < -0.3 is 14.2 Å². The quantitative estimate of drug-likeness (QED) is 0.520. The zero-order valence-corrected chi connectivity index (χ0v) is 9.47. The lowest BCUT2D eigenvalue weighted by Crippen LogP contribution is -2.09. The monoisotopic (exact) mass is 246 g/mol. The van der Waals surface area contributed by atoms with E-state index in [1.165, 1.54) is 0 Å². The summed E-state index contributed by atoms with van der Waals surface area (Å²) in [5.74, 6) is 0.648. The Bertz CT molecular complexity index is 558. The van der Waals surface area contributed by atoms with Crippen LogP contribution in [0, 0.1) is 0 Å². The van der Waals surface area contributed by atoms with E-state index in [9.17, 15) is 9.59 Å². The number of cyclic esters (lactones) is 2. The fourth-order valence-electron chi connectivity index (χ4n) is 2.17. The van der Waals surface area contributed by atoms with Crippen LogP contribution in [0.3, 0.4) is 0 Å². The third kappa shape index (κ3) is 1.84. The number of carbonyl (C=O) groups is 2. The Kier molecular flexibility index (Phi) is 2.51. The summed E-state index contributed by atoms with van der Waals surface area (Å²) in [5.41, 5.74) is 1.84. The smallest absolute Gasteiger partial charge is 0.395 e. The van der Waals surface area contributed by atoms with Crippen LogP contribution >= 0.6 is 0 Å². The van der Waals surface area contributed by atoms with Gasteiger partial charge in [0.15, 0.2) is 11.5 Å². The number of allylic oxidation sites excluding steroid dienone is 1. The van der Waals surface area contributed by atoms with Crippen molar-refractivity contribution in [2.75, 3.05) is 0 Å². The largest absolute Gasteiger partial charge is 0.524 e. The molecule has 1 aromatic rings. The minimum absolute atomic E-state index is 0.291. The maximum Gasteiger partial charge on any atom is 0.524 e. The highest BCUT2D eigenvalue weighted by atomic mass is 16.8. The van der Waals surface area contributed by atoms with Crippen molar-refractivity contribution in [2.24, 2.45) is 0 Å². The molecule has 0 fully saturated rings. The average Bonchev–Trinajstić information content (AvgIpc) is 2.58. The molecule has 92 valence electrons. The SMILES string of the molecule is O=C1OC(=O)OC2=C(CCCc3ccccc32)O1. The summed E-state index contributed by atoms with van der Waals surface area (Å²) in [6.07, 6.45) is 0.109. The Labute approximate surface area is 103 Å². The summed E-state index contributed by atoms with van der Waals surface area (Å²) >= 11 is 0. The number of ether oxygens (including phenoxy) is 3. The fraction of sp³-hybridized carbons (Fsp3) is 0.231. The number of rotatable bonds is 0. The highest BCUT2D eigenvalue weighted by Gasteiger charge is 2.29. The number of fused-ring (bicyclic) bond motifs is 2.